The molecule has 0 unspecified atom stereocenters. The summed E-state index contributed by atoms with van der Waals surface area (Å²) in [5, 5.41) is 6.45. The van der Waals surface area contributed by atoms with Gasteiger partial charge in [0.15, 0.2) is 0 Å². The Morgan fingerprint density at radius 3 is 2.19 bits per heavy atom. The summed E-state index contributed by atoms with van der Waals surface area (Å²) < 4.78 is 13.2. The maximum atomic E-state index is 13.2. The van der Waals surface area contributed by atoms with Gasteiger partial charge >= 0.3 is 0 Å². The zero-order chi connectivity index (χ0) is 23.8. The van der Waals surface area contributed by atoms with Crippen molar-refractivity contribution in [1.29, 1.82) is 0 Å². The number of carbonyl (C=O) groups excluding carboxylic acids is 1. The van der Waals surface area contributed by atoms with E-state index in [-0.39, 0.29) is 5.82 Å². The van der Waals surface area contributed by atoms with Crippen LogP contribution in [0.25, 0.3) is 0 Å². The molecule has 4 nitrogen and oxygen atoms in total. The van der Waals surface area contributed by atoms with E-state index >= 15 is 0 Å². The second-order valence-corrected chi connectivity index (χ2v) is 6.75. The lowest BCUT2D eigenvalue weighted by atomic mass is 10.1. The number of allylic oxidation sites excluding steroid dienone is 1. The van der Waals surface area contributed by atoms with Gasteiger partial charge in [-0.25, -0.2) is 4.39 Å². The van der Waals surface area contributed by atoms with E-state index in [2.05, 4.69) is 34.8 Å². The van der Waals surface area contributed by atoms with Crippen LogP contribution in [0, 0.1) is 5.82 Å². The number of nitrogens with one attached hydrogen (secondary N) is 2. The van der Waals surface area contributed by atoms with E-state index in [0.717, 1.165) is 40.2 Å². The number of carbonyl (C=O) groups is 1. The Hall–Kier alpha value is -2.79. The van der Waals surface area contributed by atoms with Crippen LogP contribution < -0.4 is 15.5 Å². The number of alkyl halides is 1. The van der Waals surface area contributed by atoms with Gasteiger partial charge in [-0.05, 0) is 55.3 Å². The zero-order valence-corrected chi connectivity index (χ0v) is 20.0. The van der Waals surface area contributed by atoms with E-state index in [1.165, 1.54) is 19.1 Å². The minimum Gasteiger partial charge on any atom is -0.386 e. The molecule has 0 atom stereocenters. The zero-order valence-electron chi connectivity index (χ0n) is 19.3. The van der Waals surface area contributed by atoms with Gasteiger partial charge in [-0.3, -0.25) is 0 Å². The normalized spacial score (nSPS) is 9.26. The Balaban J connectivity index is 0.00000165. The van der Waals surface area contributed by atoms with Gasteiger partial charge in [-0.15, -0.1) is 11.6 Å². The van der Waals surface area contributed by atoms with E-state index in [4.69, 9.17) is 16.4 Å². The molecule has 2 aromatic carbocycles. The Labute approximate surface area is 191 Å². The van der Waals surface area contributed by atoms with Crippen LogP contribution in [0.4, 0.5) is 21.5 Å². The second kappa shape index (κ2) is 16.0. The Morgan fingerprint density at radius 2 is 1.71 bits per heavy atom. The number of benzene rings is 2. The molecule has 0 aliphatic carbocycles. The molecule has 0 saturated heterocycles. The first-order valence-corrected chi connectivity index (χ1v) is 10.7. The van der Waals surface area contributed by atoms with Gasteiger partial charge in [0.1, 0.15) is 12.1 Å². The number of halogens is 2. The van der Waals surface area contributed by atoms with E-state index in [1.807, 2.05) is 40.0 Å². The molecule has 0 fully saturated rings. The molecule has 0 bridgehead atoms. The summed E-state index contributed by atoms with van der Waals surface area (Å²) in [4.78, 5) is 11.0. The Morgan fingerprint density at radius 1 is 1.13 bits per heavy atom. The number of nitrogens with zero attached hydrogens (tertiary/aromatic N) is 1. The lowest BCUT2D eigenvalue weighted by Gasteiger charge is -2.27. The average molecular weight is 448 g/mol. The van der Waals surface area contributed by atoms with Crippen molar-refractivity contribution in [2.75, 3.05) is 35.0 Å². The predicted octanol–water partition coefficient (Wildman–Crippen LogP) is 6.85. The van der Waals surface area contributed by atoms with E-state index in [9.17, 15) is 4.39 Å². The number of anilines is 3. The van der Waals surface area contributed by atoms with Gasteiger partial charge in [0.25, 0.3) is 0 Å². The van der Waals surface area contributed by atoms with Crippen molar-refractivity contribution >= 4 is 34.9 Å². The van der Waals surface area contributed by atoms with Crippen LogP contribution in [-0.4, -0.2) is 25.8 Å². The fourth-order valence-electron chi connectivity index (χ4n) is 2.64. The number of hydrogen-bond acceptors (Lipinski definition) is 4. The van der Waals surface area contributed by atoms with Crippen molar-refractivity contribution in [3.63, 3.8) is 0 Å². The fourth-order valence-corrected chi connectivity index (χ4v) is 2.72. The van der Waals surface area contributed by atoms with Gasteiger partial charge in [0, 0.05) is 37.4 Å². The summed E-state index contributed by atoms with van der Waals surface area (Å²) >= 11 is 5.94. The van der Waals surface area contributed by atoms with Gasteiger partial charge in [0.05, 0.1) is 11.4 Å². The maximum absolute atomic E-state index is 13.2. The highest BCUT2D eigenvalue weighted by Crippen LogP contribution is 2.29. The summed E-state index contributed by atoms with van der Waals surface area (Å²) in [6, 6.07) is 12.7. The summed E-state index contributed by atoms with van der Waals surface area (Å²) in [6.45, 7) is 16.5. The smallest absolute Gasteiger partial charge is 0.123 e. The molecule has 0 radical (unpaired) electrons. The molecule has 0 saturated carbocycles. The number of hydrogen-bond donors (Lipinski definition) is 2. The van der Waals surface area contributed by atoms with Crippen LogP contribution in [0.15, 0.2) is 66.9 Å². The van der Waals surface area contributed by atoms with Gasteiger partial charge in [0.2, 0.25) is 0 Å². The highest BCUT2D eigenvalue weighted by molar-refractivity contribution is 6.19. The second-order valence-electron chi connectivity index (χ2n) is 6.49. The van der Waals surface area contributed by atoms with Crippen molar-refractivity contribution in [3.05, 3.63) is 78.3 Å². The average Bonchev–Trinajstić information content (AvgIpc) is 2.76. The van der Waals surface area contributed by atoms with Crippen molar-refractivity contribution in [3.8, 4) is 0 Å². The predicted molar refractivity (Wildman–Crippen MR) is 135 cm³/mol. The molecule has 6 heteroatoms. The third kappa shape index (κ3) is 10.7. The molecule has 170 valence electrons. The van der Waals surface area contributed by atoms with E-state index in [1.54, 1.807) is 12.1 Å². The minimum absolute atomic E-state index is 0.238. The molecule has 2 rings (SSSR count). The fraction of sp³-hybridized carbons (Fsp3) is 0.320. The van der Waals surface area contributed by atoms with Gasteiger partial charge < -0.3 is 20.3 Å². The van der Waals surface area contributed by atoms with Crippen LogP contribution in [0.5, 0.6) is 0 Å². The molecule has 0 spiro atoms. The third-order valence-electron chi connectivity index (χ3n) is 3.88. The molecule has 0 aliphatic rings. The van der Waals surface area contributed by atoms with E-state index in [0.29, 0.717) is 19.0 Å². The number of aldehydes is 1. The van der Waals surface area contributed by atoms with Crippen molar-refractivity contribution in [2.24, 2.45) is 0 Å². The molecule has 0 heterocycles. The third-order valence-corrected chi connectivity index (χ3v) is 4.25. The Bertz CT molecular complexity index is 822. The first-order valence-electron chi connectivity index (χ1n) is 10.2. The van der Waals surface area contributed by atoms with Crippen LogP contribution in [0.3, 0.4) is 0 Å². The number of rotatable bonds is 9. The summed E-state index contributed by atoms with van der Waals surface area (Å²) in [5.41, 5.74) is 5.76. The maximum Gasteiger partial charge on any atom is 0.123 e. The minimum atomic E-state index is -0.238. The molecule has 2 aromatic rings. The summed E-state index contributed by atoms with van der Waals surface area (Å²) in [7, 11) is 1.88. The first-order chi connectivity index (χ1) is 14.8. The Kier molecular flexibility index (Phi) is 14.5. The van der Waals surface area contributed by atoms with Crippen molar-refractivity contribution in [1.82, 2.24) is 0 Å². The molecule has 0 amide bonds. The SMILES string of the molecule is C=C(CCl)CN(Cc1ccc(F)cc1)c1ccc(NC(=C)C)c(NC)c1.CC.CC=O. The standard InChI is InChI=1S/C21H25ClFN3.C2H4O.C2H6/c1-15(2)25-20-10-9-19(11-21(20)24-4)26(13-16(3)12-22)14-17-5-7-18(23)8-6-17;1-2-3;1-2/h5-11,24-25H,1,3,12-14H2,2,4H3;2H,1H3;1-2H3. The lowest BCUT2D eigenvalue weighted by molar-refractivity contribution is -0.106. The molecule has 31 heavy (non-hydrogen) atoms. The molecule has 0 aromatic heterocycles. The van der Waals surface area contributed by atoms with E-state index < -0.39 is 0 Å². The van der Waals surface area contributed by atoms with Crippen LogP contribution >= 0.6 is 11.6 Å². The quantitative estimate of drug-likeness (QED) is 0.251. The molecular formula is C25H35ClFN3O. The molecule has 0 aliphatic heterocycles. The van der Waals surface area contributed by atoms with Gasteiger partial charge in [-0.2, -0.15) is 0 Å². The first kappa shape index (κ1) is 28.2. The summed E-state index contributed by atoms with van der Waals surface area (Å²) in [6.07, 6.45) is 0.750. The van der Waals surface area contributed by atoms with Crippen LogP contribution in [0.2, 0.25) is 0 Å². The topological polar surface area (TPSA) is 44.4 Å². The van der Waals surface area contributed by atoms with Crippen molar-refractivity contribution < 1.29 is 9.18 Å². The van der Waals surface area contributed by atoms with Crippen molar-refractivity contribution in [2.45, 2.75) is 34.2 Å². The highest BCUT2D eigenvalue weighted by Gasteiger charge is 2.12. The largest absolute Gasteiger partial charge is 0.386 e. The van der Waals surface area contributed by atoms with Gasteiger partial charge in [-0.1, -0.05) is 39.1 Å². The summed E-state index contributed by atoms with van der Waals surface area (Å²) in [5.74, 6) is 0.159. The van der Waals surface area contributed by atoms with Crippen LogP contribution in [-0.2, 0) is 11.3 Å². The monoisotopic (exact) mass is 447 g/mol. The molecular weight excluding hydrogens is 413 g/mol. The van der Waals surface area contributed by atoms with Crippen LogP contribution in [0.1, 0.15) is 33.3 Å². The molecule has 2 N–H and O–H groups in total. The lowest BCUT2D eigenvalue weighted by Crippen LogP contribution is -2.25. The highest BCUT2D eigenvalue weighted by atomic mass is 35.5.